The van der Waals surface area contributed by atoms with Gasteiger partial charge in [-0.1, -0.05) is 41.5 Å². The van der Waals surface area contributed by atoms with Gasteiger partial charge in [-0.3, -0.25) is 4.79 Å². The molecule has 4 heteroatoms. The third-order valence-corrected chi connectivity index (χ3v) is 4.60. The van der Waals surface area contributed by atoms with Gasteiger partial charge in [0.1, 0.15) is 6.10 Å². The summed E-state index contributed by atoms with van der Waals surface area (Å²) in [7, 11) is 0. The Kier molecular flexibility index (Phi) is 4.11. The Morgan fingerprint density at radius 2 is 1.71 bits per heavy atom. The van der Waals surface area contributed by atoms with Crippen LogP contribution in [0.4, 0.5) is 0 Å². The lowest BCUT2D eigenvalue weighted by Gasteiger charge is -2.39. The van der Waals surface area contributed by atoms with Crippen LogP contribution in [0, 0.1) is 22.7 Å². The molecule has 4 nitrogen and oxygen atoms in total. The molecule has 1 aliphatic carbocycles. The lowest BCUT2D eigenvalue weighted by Crippen LogP contribution is -2.43. The van der Waals surface area contributed by atoms with E-state index in [-0.39, 0.29) is 40.7 Å². The molecule has 1 heterocycles. The minimum Gasteiger partial charge on any atom is -0.459 e. The van der Waals surface area contributed by atoms with Crippen LogP contribution in [0.25, 0.3) is 0 Å². The monoisotopic (exact) mass is 296 g/mol. The summed E-state index contributed by atoms with van der Waals surface area (Å²) in [4.78, 5) is 24.6. The number of rotatable bonds is 2. The van der Waals surface area contributed by atoms with Crippen molar-refractivity contribution in [2.24, 2.45) is 22.7 Å². The summed E-state index contributed by atoms with van der Waals surface area (Å²) in [6.45, 7) is 12.2. The standard InChI is InChI=1S/C17H28O4/c1-16(2,3)13(17(4,5)6)15(19)21-12-10-8-7-9-11(10)20-14(12)18/h10-13H,7-9H2,1-6H3. The van der Waals surface area contributed by atoms with Crippen LogP contribution >= 0.6 is 0 Å². The van der Waals surface area contributed by atoms with Crippen LogP contribution < -0.4 is 0 Å². The van der Waals surface area contributed by atoms with Crippen molar-refractivity contribution in [3.63, 3.8) is 0 Å². The van der Waals surface area contributed by atoms with Gasteiger partial charge in [0.15, 0.2) is 0 Å². The van der Waals surface area contributed by atoms with E-state index in [2.05, 4.69) is 0 Å². The predicted octanol–water partition coefficient (Wildman–Crippen LogP) is 3.33. The summed E-state index contributed by atoms with van der Waals surface area (Å²) < 4.78 is 11.0. The first kappa shape index (κ1) is 16.3. The van der Waals surface area contributed by atoms with Gasteiger partial charge < -0.3 is 9.47 Å². The van der Waals surface area contributed by atoms with Gasteiger partial charge in [0.25, 0.3) is 0 Å². The molecular weight excluding hydrogens is 268 g/mol. The van der Waals surface area contributed by atoms with Crippen molar-refractivity contribution in [2.45, 2.75) is 73.0 Å². The third-order valence-electron chi connectivity index (χ3n) is 4.60. The van der Waals surface area contributed by atoms with Crippen LogP contribution in [0.2, 0.25) is 0 Å². The third kappa shape index (κ3) is 3.24. The highest BCUT2D eigenvalue weighted by Crippen LogP contribution is 2.43. The molecule has 1 aliphatic heterocycles. The van der Waals surface area contributed by atoms with Crippen molar-refractivity contribution in [1.29, 1.82) is 0 Å². The van der Waals surface area contributed by atoms with Gasteiger partial charge in [0, 0.05) is 5.92 Å². The maximum Gasteiger partial charge on any atom is 0.348 e. The summed E-state index contributed by atoms with van der Waals surface area (Å²) in [5.74, 6) is -0.843. The van der Waals surface area contributed by atoms with E-state index < -0.39 is 6.10 Å². The van der Waals surface area contributed by atoms with E-state index in [0.717, 1.165) is 19.3 Å². The average Bonchev–Trinajstić information content (AvgIpc) is 2.78. The lowest BCUT2D eigenvalue weighted by molar-refractivity contribution is -0.171. The molecule has 3 atom stereocenters. The molecule has 21 heavy (non-hydrogen) atoms. The fourth-order valence-electron chi connectivity index (χ4n) is 4.17. The molecule has 0 amide bonds. The number of carbonyl (C=O) groups excluding carboxylic acids is 2. The quantitative estimate of drug-likeness (QED) is 0.733. The molecule has 0 N–H and O–H groups in total. The highest BCUT2D eigenvalue weighted by molar-refractivity contribution is 5.83. The second kappa shape index (κ2) is 5.29. The Balaban J connectivity index is 2.14. The number of hydrogen-bond acceptors (Lipinski definition) is 4. The zero-order valence-electron chi connectivity index (χ0n) is 14.1. The maximum atomic E-state index is 12.7. The minimum absolute atomic E-state index is 0.0435. The van der Waals surface area contributed by atoms with Crippen molar-refractivity contribution >= 4 is 11.9 Å². The molecule has 0 aromatic rings. The molecule has 2 rings (SSSR count). The SMILES string of the molecule is CC(C)(C)C(C(=O)OC1C(=O)OC2CCCC21)C(C)(C)C. The highest BCUT2D eigenvalue weighted by Gasteiger charge is 2.51. The molecule has 0 radical (unpaired) electrons. The lowest BCUT2D eigenvalue weighted by atomic mass is 9.66. The molecule has 1 saturated carbocycles. The Labute approximate surface area is 127 Å². The van der Waals surface area contributed by atoms with Crippen LogP contribution in [0.5, 0.6) is 0 Å². The molecule has 120 valence electrons. The van der Waals surface area contributed by atoms with E-state index in [1.54, 1.807) is 0 Å². The van der Waals surface area contributed by atoms with Gasteiger partial charge in [0.05, 0.1) is 5.92 Å². The summed E-state index contributed by atoms with van der Waals surface area (Å²) in [6.07, 6.45) is 2.10. The summed E-state index contributed by atoms with van der Waals surface area (Å²) in [6, 6.07) is 0. The predicted molar refractivity (Wildman–Crippen MR) is 79.5 cm³/mol. The van der Waals surface area contributed by atoms with E-state index in [4.69, 9.17) is 9.47 Å². The Morgan fingerprint density at radius 3 is 2.24 bits per heavy atom. The Hall–Kier alpha value is -1.06. The van der Waals surface area contributed by atoms with E-state index >= 15 is 0 Å². The zero-order chi connectivity index (χ0) is 16.0. The molecule has 2 fully saturated rings. The number of fused-ring (bicyclic) bond motifs is 1. The van der Waals surface area contributed by atoms with E-state index in [1.807, 2.05) is 41.5 Å². The van der Waals surface area contributed by atoms with Crippen LogP contribution in [-0.2, 0) is 19.1 Å². The zero-order valence-corrected chi connectivity index (χ0v) is 14.1. The van der Waals surface area contributed by atoms with Crippen molar-refractivity contribution in [3.8, 4) is 0 Å². The molecule has 0 bridgehead atoms. The molecule has 0 aromatic carbocycles. The van der Waals surface area contributed by atoms with Crippen LogP contribution in [-0.4, -0.2) is 24.1 Å². The molecule has 0 spiro atoms. The van der Waals surface area contributed by atoms with Gasteiger partial charge in [0.2, 0.25) is 6.10 Å². The first-order valence-electron chi connectivity index (χ1n) is 7.93. The number of ether oxygens (including phenoxy) is 2. The van der Waals surface area contributed by atoms with Gasteiger partial charge >= 0.3 is 11.9 Å². The number of carbonyl (C=O) groups is 2. The maximum absolute atomic E-state index is 12.7. The fourth-order valence-corrected chi connectivity index (χ4v) is 4.17. The Morgan fingerprint density at radius 1 is 1.14 bits per heavy atom. The van der Waals surface area contributed by atoms with Gasteiger partial charge in [-0.15, -0.1) is 0 Å². The summed E-state index contributed by atoms with van der Waals surface area (Å²) in [5.41, 5.74) is -0.431. The second-order valence-electron chi connectivity index (χ2n) is 8.59. The van der Waals surface area contributed by atoms with Crippen molar-refractivity contribution < 1.29 is 19.1 Å². The van der Waals surface area contributed by atoms with E-state index in [9.17, 15) is 9.59 Å². The van der Waals surface area contributed by atoms with Crippen molar-refractivity contribution in [1.82, 2.24) is 0 Å². The normalized spacial score (nSPS) is 29.5. The van der Waals surface area contributed by atoms with Crippen molar-refractivity contribution in [2.75, 3.05) is 0 Å². The number of hydrogen-bond donors (Lipinski definition) is 0. The molecule has 2 aliphatic rings. The first-order valence-corrected chi connectivity index (χ1v) is 7.93. The van der Waals surface area contributed by atoms with Crippen LogP contribution in [0.15, 0.2) is 0 Å². The fraction of sp³-hybridized carbons (Fsp3) is 0.882. The largest absolute Gasteiger partial charge is 0.459 e. The van der Waals surface area contributed by atoms with Crippen LogP contribution in [0.1, 0.15) is 60.8 Å². The first-order chi connectivity index (χ1) is 9.51. The van der Waals surface area contributed by atoms with Gasteiger partial charge in [-0.25, -0.2) is 4.79 Å². The summed E-state index contributed by atoms with van der Waals surface area (Å²) in [5, 5.41) is 0. The van der Waals surface area contributed by atoms with Crippen LogP contribution in [0.3, 0.4) is 0 Å². The Bertz CT molecular complexity index is 413. The molecule has 0 aromatic heterocycles. The average molecular weight is 296 g/mol. The smallest absolute Gasteiger partial charge is 0.348 e. The van der Waals surface area contributed by atoms with E-state index in [0.29, 0.717) is 0 Å². The van der Waals surface area contributed by atoms with Crippen molar-refractivity contribution in [3.05, 3.63) is 0 Å². The van der Waals surface area contributed by atoms with Gasteiger partial charge in [-0.05, 0) is 30.1 Å². The number of esters is 2. The summed E-state index contributed by atoms with van der Waals surface area (Å²) >= 11 is 0. The van der Waals surface area contributed by atoms with Gasteiger partial charge in [-0.2, -0.15) is 0 Å². The second-order valence-corrected chi connectivity index (χ2v) is 8.59. The molecule has 1 saturated heterocycles. The minimum atomic E-state index is -0.697. The molecule has 3 unspecified atom stereocenters. The highest BCUT2D eigenvalue weighted by atomic mass is 16.6. The van der Waals surface area contributed by atoms with E-state index in [1.165, 1.54) is 0 Å². The molecular formula is C17H28O4. The topological polar surface area (TPSA) is 52.6 Å².